The van der Waals surface area contributed by atoms with Gasteiger partial charge in [0.05, 0.1) is 24.5 Å². The number of para-hydroxylation sites is 2. The summed E-state index contributed by atoms with van der Waals surface area (Å²) in [4.78, 5) is 28.1. The first-order chi connectivity index (χ1) is 11.6. The molecule has 124 valence electrons. The van der Waals surface area contributed by atoms with Crippen LogP contribution in [0.1, 0.15) is 18.3 Å². The molecule has 1 atom stereocenters. The summed E-state index contributed by atoms with van der Waals surface area (Å²) in [5.74, 6) is 0.307. The van der Waals surface area contributed by atoms with Crippen LogP contribution in [-0.4, -0.2) is 51.3 Å². The Labute approximate surface area is 138 Å². The van der Waals surface area contributed by atoms with Gasteiger partial charge in [0.2, 0.25) is 5.91 Å². The van der Waals surface area contributed by atoms with Gasteiger partial charge in [-0.2, -0.15) is 15.4 Å². The molecule has 2 aliphatic heterocycles. The van der Waals surface area contributed by atoms with Crippen LogP contribution in [0, 0.1) is 0 Å². The average Bonchev–Trinajstić information content (AvgIpc) is 3.07. The monoisotopic (exact) mass is 327 g/mol. The van der Waals surface area contributed by atoms with Crippen molar-refractivity contribution in [1.82, 2.24) is 20.3 Å². The Bertz CT molecular complexity index is 803. The lowest BCUT2D eigenvalue weighted by Gasteiger charge is -2.36. The maximum atomic E-state index is 12.9. The number of H-pyrrole nitrogens is 1. The summed E-state index contributed by atoms with van der Waals surface area (Å²) in [6, 6.07) is 7.26. The molecule has 1 N–H and O–H groups in total. The average molecular weight is 327 g/mol. The molecular formula is C16H17N5O3. The minimum absolute atomic E-state index is 0.110. The van der Waals surface area contributed by atoms with Crippen molar-refractivity contribution in [3.8, 4) is 5.75 Å². The first-order valence-corrected chi connectivity index (χ1v) is 7.84. The van der Waals surface area contributed by atoms with Crippen molar-refractivity contribution < 1.29 is 14.3 Å². The third-order valence-electron chi connectivity index (χ3n) is 4.40. The van der Waals surface area contributed by atoms with Crippen LogP contribution in [0.25, 0.3) is 0 Å². The van der Waals surface area contributed by atoms with Gasteiger partial charge in [-0.05, 0) is 12.1 Å². The summed E-state index contributed by atoms with van der Waals surface area (Å²) in [6.07, 6.45) is -0.0469. The van der Waals surface area contributed by atoms with E-state index in [1.807, 2.05) is 18.2 Å². The van der Waals surface area contributed by atoms with Gasteiger partial charge in [0.15, 0.2) is 6.10 Å². The van der Waals surface area contributed by atoms with Crippen LogP contribution in [0.2, 0.25) is 0 Å². The second-order valence-corrected chi connectivity index (χ2v) is 5.93. The number of carbonyl (C=O) groups excluding carboxylic acids is 2. The highest BCUT2D eigenvalue weighted by Gasteiger charge is 2.36. The van der Waals surface area contributed by atoms with Gasteiger partial charge >= 0.3 is 0 Å². The van der Waals surface area contributed by atoms with Crippen LogP contribution in [0.3, 0.4) is 0 Å². The molecule has 0 saturated carbocycles. The van der Waals surface area contributed by atoms with Crippen molar-refractivity contribution in [2.45, 2.75) is 26.0 Å². The van der Waals surface area contributed by atoms with E-state index in [0.29, 0.717) is 30.9 Å². The van der Waals surface area contributed by atoms with Crippen LogP contribution < -0.4 is 9.64 Å². The maximum Gasteiger partial charge on any atom is 0.265 e. The third-order valence-corrected chi connectivity index (χ3v) is 4.40. The number of nitrogens with zero attached hydrogens (tertiary/aromatic N) is 4. The summed E-state index contributed by atoms with van der Waals surface area (Å²) >= 11 is 0. The number of amides is 2. The molecular weight excluding hydrogens is 310 g/mol. The Morgan fingerprint density at radius 2 is 2.04 bits per heavy atom. The quantitative estimate of drug-likeness (QED) is 0.824. The molecule has 0 saturated heterocycles. The van der Waals surface area contributed by atoms with E-state index in [9.17, 15) is 9.59 Å². The molecule has 8 nitrogen and oxygen atoms in total. The van der Waals surface area contributed by atoms with Crippen molar-refractivity contribution in [3.63, 3.8) is 0 Å². The number of ether oxygens (including phenoxy) is 1. The fourth-order valence-corrected chi connectivity index (χ4v) is 3.16. The SMILES string of the molecule is CC(=O)N1CC(C(=O)N2CCc3n[nH]nc3C2)Oc2ccccc21. The molecule has 0 fully saturated rings. The van der Waals surface area contributed by atoms with Gasteiger partial charge in [-0.3, -0.25) is 9.59 Å². The second kappa shape index (κ2) is 5.63. The molecule has 8 heteroatoms. The Balaban J connectivity index is 1.57. The fraction of sp³-hybridized carbons (Fsp3) is 0.375. The number of hydrogen-bond donors (Lipinski definition) is 1. The standard InChI is InChI=1S/C16H17N5O3/c1-10(22)21-9-15(24-14-5-3-2-4-13(14)21)16(23)20-7-6-11-12(8-20)18-19-17-11/h2-5,15H,6-9H2,1H3,(H,17,18,19). The second-order valence-electron chi connectivity index (χ2n) is 5.93. The van der Waals surface area contributed by atoms with Crippen molar-refractivity contribution in [2.75, 3.05) is 18.0 Å². The smallest absolute Gasteiger partial charge is 0.265 e. The van der Waals surface area contributed by atoms with E-state index in [1.54, 1.807) is 15.9 Å². The summed E-state index contributed by atoms with van der Waals surface area (Å²) < 4.78 is 5.87. The maximum absolute atomic E-state index is 12.9. The molecule has 2 aromatic rings. The lowest BCUT2D eigenvalue weighted by molar-refractivity contribution is -0.139. The predicted molar refractivity (Wildman–Crippen MR) is 84.4 cm³/mol. The number of aromatic amines is 1. The summed E-state index contributed by atoms with van der Waals surface area (Å²) in [5.41, 5.74) is 2.39. The molecule has 0 radical (unpaired) electrons. The Morgan fingerprint density at radius 3 is 2.88 bits per heavy atom. The molecule has 1 aromatic carbocycles. The van der Waals surface area contributed by atoms with Gasteiger partial charge in [0, 0.05) is 19.9 Å². The number of fused-ring (bicyclic) bond motifs is 2. The lowest BCUT2D eigenvalue weighted by Crippen LogP contribution is -2.52. The highest BCUT2D eigenvalue weighted by molar-refractivity contribution is 5.95. The van der Waals surface area contributed by atoms with Crippen LogP contribution in [0.5, 0.6) is 5.75 Å². The zero-order valence-electron chi connectivity index (χ0n) is 13.2. The van der Waals surface area contributed by atoms with E-state index >= 15 is 0 Å². The molecule has 4 rings (SSSR count). The molecule has 0 bridgehead atoms. The topological polar surface area (TPSA) is 91.4 Å². The van der Waals surface area contributed by atoms with E-state index in [1.165, 1.54) is 6.92 Å². The van der Waals surface area contributed by atoms with Gasteiger partial charge in [-0.25, -0.2) is 0 Å². The zero-order valence-corrected chi connectivity index (χ0v) is 13.2. The van der Waals surface area contributed by atoms with E-state index in [0.717, 1.165) is 11.4 Å². The molecule has 1 aromatic heterocycles. The highest BCUT2D eigenvalue weighted by Crippen LogP contribution is 2.33. The first-order valence-electron chi connectivity index (χ1n) is 7.84. The van der Waals surface area contributed by atoms with E-state index in [2.05, 4.69) is 15.4 Å². The number of nitrogens with one attached hydrogen (secondary N) is 1. The highest BCUT2D eigenvalue weighted by atomic mass is 16.5. The Morgan fingerprint density at radius 1 is 1.25 bits per heavy atom. The Hall–Kier alpha value is -2.90. The van der Waals surface area contributed by atoms with E-state index in [4.69, 9.17) is 4.74 Å². The van der Waals surface area contributed by atoms with Crippen LogP contribution in [0.4, 0.5) is 5.69 Å². The molecule has 0 spiro atoms. The van der Waals surface area contributed by atoms with Crippen LogP contribution >= 0.6 is 0 Å². The minimum atomic E-state index is -0.711. The number of carbonyl (C=O) groups is 2. The minimum Gasteiger partial charge on any atom is -0.476 e. The first kappa shape index (κ1) is 14.7. The van der Waals surface area contributed by atoms with Gasteiger partial charge in [-0.15, -0.1) is 0 Å². The van der Waals surface area contributed by atoms with Crippen molar-refractivity contribution in [1.29, 1.82) is 0 Å². The summed E-state index contributed by atoms with van der Waals surface area (Å²) in [5, 5.41) is 10.7. The van der Waals surface area contributed by atoms with Crippen molar-refractivity contribution >= 4 is 17.5 Å². The van der Waals surface area contributed by atoms with E-state index < -0.39 is 6.10 Å². The van der Waals surface area contributed by atoms with Gasteiger partial charge < -0.3 is 14.5 Å². The van der Waals surface area contributed by atoms with Crippen LogP contribution in [-0.2, 0) is 22.6 Å². The van der Waals surface area contributed by atoms with Gasteiger partial charge in [-0.1, -0.05) is 12.1 Å². The molecule has 0 aliphatic carbocycles. The number of rotatable bonds is 1. The number of aromatic nitrogens is 3. The molecule has 1 unspecified atom stereocenters. The normalized spacial score (nSPS) is 19.3. The fourth-order valence-electron chi connectivity index (χ4n) is 3.16. The van der Waals surface area contributed by atoms with Gasteiger partial charge in [0.1, 0.15) is 11.4 Å². The molecule has 3 heterocycles. The largest absolute Gasteiger partial charge is 0.476 e. The summed E-state index contributed by atoms with van der Waals surface area (Å²) in [6.45, 7) is 2.69. The Kier molecular flexibility index (Phi) is 3.44. The number of anilines is 1. The van der Waals surface area contributed by atoms with E-state index in [-0.39, 0.29) is 18.4 Å². The van der Waals surface area contributed by atoms with Crippen molar-refractivity contribution in [2.24, 2.45) is 0 Å². The van der Waals surface area contributed by atoms with Crippen LogP contribution in [0.15, 0.2) is 24.3 Å². The predicted octanol–water partition coefficient (Wildman–Crippen LogP) is 0.504. The third kappa shape index (κ3) is 2.40. The molecule has 2 aliphatic rings. The number of benzene rings is 1. The molecule has 2 amide bonds. The molecule has 24 heavy (non-hydrogen) atoms. The summed E-state index contributed by atoms with van der Waals surface area (Å²) in [7, 11) is 0. The van der Waals surface area contributed by atoms with Crippen molar-refractivity contribution in [3.05, 3.63) is 35.7 Å². The zero-order chi connectivity index (χ0) is 16.7. The lowest BCUT2D eigenvalue weighted by atomic mass is 10.1. The van der Waals surface area contributed by atoms with Gasteiger partial charge in [0.25, 0.3) is 5.91 Å². The number of hydrogen-bond acceptors (Lipinski definition) is 5.